The molecule has 1 fully saturated rings. The molecule has 0 amide bonds. The zero-order chi connectivity index (χ0) is 12.1. The summed E-state index contributed by atoms with van der Waals surface area (Å²) in [4.78, 5) is 1.29. The van der Waals surface area contributed by atoms with Gasteiger partial charge in [-0.1, -0.05) is 19.8 Å². The van der Waals surface area contributed by atoms with Crippen molar-refractivity contribution in [2.45, 2.75) is 49.2 Å². The SMILES string of the molecule is CCCOc1cc(SC2CCCC2)ccc1N. The Kier molecular flexibility index (Phi) is 4.60. The van der Waals surface area contributed by atoms with Crippen LogP contribution < -0.4 is 10.5 Å². The molecule has 1 saturated carbocycles. The maximum absolute atomic E-state index is 5.90. The Morgan fingerprint density at radius 3 is 2.82 bits per heavy atom. The van der Waals surface area contributed by atoms with Gasteiger partial charge in [0.15, 0.2) is 0 Å². The highest BCUT2D eigenvalue weighted by Crippen LogP contribution is 2.37. The van der Waals surface area contributed by atoms with Gasteiger partial charge in [0.05, 0.1) is 12.3 Å². The van der Waals surface area contributed by atoms with E-state index in [9.17, 15) is 0 Å². The average Bonchev–Trinajstić information content (AvgIpc) is 2.82. The number of nitrogen functional groups attached to an aromatic ring is 1. The Morgan fingerprint density at radius 2 is 2.12 bits per heavy atom. The molecule has 3 heteroatoms. The summed E-state index contributed by atoms with van der Waals surface area (Å²) in [5, 5.41) is 0.789. The van der Waals surface area contributed by atoms with Crippen LogP contribution in [0.1, 0.15) is 39.0 Å². The summed E-state index contributed by atoms with van der Waals surface area (Å²) in [7, 11) is 0. The summed E-state index contributed by atoms with van der Waals surface area (Å²) >= 11 is 1.97. The first kappa shape index (κ1) is 12.6. The van der Waals surface area contributed by atoms with E-state index in [1.165, 1.54) is 30.6 Å². The highest BCUT2D eigenvalue weighted by Gasteiger charge is 2.16. The molecule has 0 spiro atoms. The largest absolute Gasteiger partial charge is 0.491 e. The predicted molar refractivity (Wildman–Crippen MR) is 74.8 cm³/mol. The van der Waals surface area contributed by atoms with Crippen LogP contribution in [0.2, 0.25) is 0 Å². The van der Waals surface area contributed by atoms with Crippen molar-refractivity contribution < 1.29 is 4.74 Å². The fourth-order valence-corrected chi connectivity index (χ4v) is 3.40. The minimum Gasteiger partial charge on any atom is -0.491 e. The number of benzene rings is 1. The van der Waals surface area contributed by atoms with Gasteiger partial charge in [-0.2, -0.15) is 0 Å². The quantitative estimate of drug-likeness (QED) is 0.800. The molecular weight excluding hydrogens is 230 g/mol. The van der Waals surface area contributed by atoms with Gasteiger partial charge < -0.3 is 10.5 Å². The van der Waals surface area contributed by atoms with Gasteiger partial charge in [0.1, 0.15) is 5.75 Å². The van der Waals surface area contributed by atoms with Crippen molar-refractivity contribution in [1.29, 1.82) is 0 Å². The minimum atomic E-state index is 0.738. The molecule has 17 heavy (non-hydrogen) atoms. The zero-order valence-corrected chi connectivity index (χ0v) is 11.3. The first-order valence-corrected chi connectivity index (χ1v) is 7.36. The number of hydrogen-bond acceptors (Lipinski definition) is 3. The molecule has 0 atom stereocenters. The lowest BCUT2D eigenvalue weighted by Gasteiger charge is -2.12. The standard InChI is InChI=1S/C14H21NOS/c1-2-9-16-14-10-12(7-8-13(14)15)17-11-5-3-4-6-11/h7-8,10-11H,2-6,9,15H2,1H3. The minimum absolute atomic E-state index is 0.738. The molecule has 0 aromatic heterocycles. The number of nitrogens with two attached hydrogens (primary N) is 1. The molecule has 0 saturated heterocycles. The van der Waals surface area contributed by atoms with Crippen molar-refractivity contribution in [3.8, 4) is 5.75 Å². The Labute approximate surface area is 108 Å². The second-order valence-corrected chi connectivity index (χ2v) is 5.95. The third-order valence-electron chi connectivity index (χ3n) is 3.05. The highest BCUT2D eigenvalue weighted by atomic mass is 32.2. The maximum Gasteiger partial charge on any atom is 0.143 e. The fraction of sp³-hybridized carbons (Fsp3) is 0.571. The van der Waals surface area contributed by atoms with E-state index in [1.807, 2.05) is 17.8 Å². The summed E-state index contributed by atoms with van der Waals surface area (Å²) < 4.78 is 5.65. The van der Waals surface area contributed by atoms with Crippen molar-refractivity contribution >= 4 is 17.4 Å². The molecule has 2 rings (SSSR count). The Bertz CT molecular complexity index is 361. The van der Waals surface area contributed by atoms with Crippen molar-refractivity contribution in [1.82, 2.24) is 0 Å². The molecule has 94 valence electrons. The second-order valence-electron chi connectivity index (χ2n) is 4.57. The van der Waals surface area contributed by atoms with Gasteiger partial charge in [-0.15, -0.1) is 11.8 Å². The first-order valence-electron chi connectivity index (χ1n) is 6.48. The van der Waals surface area contributed by atoms with Gasteiger partial charge in [0.2, 0.25) is 0 Å². The van der Waals surface area contributed by atoms with Crippen molar-refractivity contribution in [3.05, 3.63) is 18.2 Å². The second kappa shape index (κ2) is 6.20. The lowest BCUT2D eigenvalue weighted by Crippen LogP contribution is -2.00. The number of thioether (sulfide) groups is 1. The summed E-state index contributed by atoms with van der Waals surface area (Å²) in [5.41, 5.74) is 6.65. The Morgan fingerprint density at radius 1 is 1.35 bits per heavy atom. The van der Waals surface area contributed by atoms with Crippen LogP contribution in [-0.4, -0.2) is 11.9 Å². The normalized spacial score (nSPS) is 16.3. The molecule has 0 radical (unpaired) electrons. The highest BCUT2D eigenvalue weighted by molar-refractivity contribution is 8.00. The van der Waals surface area contributed by atoms with Crippen LogP contribution in [0.3, 0.4) is 0 Å². The molecular formula is C14H21NOS. The van der Waals surface area contributed by atoms with E-state index in [4.69, 9.17) is 10.5 Å². The monoisotopic (exact) mass is 251 g/mol. The molecule has 1 aromatic rings. The number of ether oxygens (including phenoxy) is 1. The zero-order valence-electron chi connectivity index (χ0n) is 10.4. The van der Waals surface area contributed by atoms with E-state index in [0.29, 0.717) is 0 Å². The van der Waals surface area contributed by atoms with Gasteiger partial charge in [0.25, 0.3) is 0 Å². The van der Waals surface area contributed by atoms with Crippen LogP contribution >= 0.6 is 11.8 Å². The molecule has 1 aliphatic rings. The third kappa shape index (κ3) is 3.56. The van der Waals surface area contributed by atoms with Crippen LogP contribution in [0, 0.1) is 0 Å². The summed E-state index contributed by atoms with van der Waals surface area (Å²) in [6.45, 7) is 2.84. The topological polar surface area (TPSA) is 35.2 Å². The Hall–Kier alpha value is -0.830. The third-order valence-corrected chi connectivity index (χ3v) is 4.38. The van der Waals surface area contributed by atoms with Crippen molar-refractivity contribution in [3.63, 3.8) is 0 Å². The predicted octanol–water partition coefficient (Wildman–Crippen LogP) is 4.09. The van der Waals surface area contributed by atoms with Crippen LogP contribution in [-0.2, 0) is 0 Å². The summed E-state index contributed by atoms with van der Waals surface area (Å²) in [6, 6.07) is 6.16. The molecule has 1 aromatic carbocycles. The van der Waals surface area contributed by atoms with E-state index >= 15 is 0 Å². The van der Waals surface area contributed by atoms with E-state index in [0.717, 1.165) is 29.7 Å². The van der Waals surface area contributed by atoms with Crippen LogP contribution in [0.25, 0.3) is 0 Å². The van der Waals surface area contributed by atoms with Crippen molar-refractivity contribution in [2.24, 2.45) is 0 Å². The maximum atomic E-state index is 5.90. The van der Waals surface area contributed by atoms with Gasteiger partial charge in [0, 0.05) is 10.1 Å². The average molecular weight is 251 g/mol. The molecule has 2 N–H and O–H groups in total. The smallest absolute Gasteiger partial charge is 0.143 e. The van der Waals surface area contributed by atoms with E-state index in [2.05, 4.69) is 19.1 Å². The van der Waals surface area contributed by atoms with Gasteiger partial charge in [-0.05, 0) is 37.5 Å². The molecule has 0 aliphatic heterocycles. The van der Waals surface area contributed by atoms with Gasteiger partial charge in [-0.3, -0.25) is 0 Å². The molecule has 2 nitrogen and oxygen atoms in total. The van der Waals surface area contributed by atoms with Crippen LogP contribution in [0.4, 0.5) is 5.69 Å². The summed E-state index contributed by atoms with van der Waals surface area (Å²) in [5.74, 6) is 0.842. The number of rotatable bonds is 5. The lowest BCUT2D eigenvalue weighted by molar-refractivity contribution is 0.318. The van der Waals surface area contributed by atoms with Crippen LogP contribution in [0.5, 0.6) is 5.75 Å². The fourth-order valence-electron chi connectivity index (χ4n) is 2.12. The van der Waals surface area contributed by atoms with E-state index < -0.39 is 0 Å². The number of hydrogen-bond donors (Lipinski definition) is 1. The van der Waals surface area contributed by atoms with Crippen LogP contribution in [0.15, 0.2) is 23.1 Å². The molecule has 0 bridgehead atoms. The van der Waals surface area contributed by atoms with Crippen molar-refractivity contribution in [2.75, 3.05) is 12.3 Å². The lowest BCUT2D eigenvalue weighted by atomic mass is 10.3. The summed E-state index contributed by atoms with van der Waals surface area (Å²) in [6.07, 6.45) is 6.47. The van der Waals surface area contributed by atoms with Gasteiger partial charge >= 0.3 is 0 Å². The van der Waals surface area contributed by atoms with E-state index in [-0.39, 0.29) is 0 Å². The van der Waals surface area contributed by atoms with Gasteiger partial charge in [-0.25, -0.2) is 0 Å². The molecule has 1 aliphatic carbocycles. The first-order chi connectivity index (χ1) is 8.29. The van der Waals surface area contributed by atoms with E-state index in [1.54, 1.807) is 0 Å². The Balaban J connectivity index is 2.01. The molecule has 0 unspecified atom stereocenters. The number of anilines is 1. The molecule has 0 heterocycles.